The van der Waals surface area contributed by atoms with E-state index in [4.69, 9.17) is 9.47 Å². The third-order valence-electron chi connectivity index (χ3n) is 4.94. The normalized spacial score (nSPS) is 14.1. The molecule has 3 rings (SSSR count). The molecule has 6 heteroatoms. The molecule has 1 aliphatic heterocycles. The smallest absolute Gasteiger partial charge is 0.255 e. The summed E-state index contributed by atoms with van der Waals surface area (Å²) in [6.07, 6.45) is 4.45. The molecule has 0 atom stereocenters. The van der Waals surface area contributed by atoms with Crippen LogP contribution >= 0.6 is 0 Å². The Labute approximate surface area is 165 Å². The predicted octanol–water partition coefficient (Wildman–Crippen LogP) is 3.97. The van der Waals surface area contributed by atoms with Crippen molar-refractivity contribution < 1.29 is 19.1 Å². The molecule has 0 unspecified atom stereocenters. The highest BCUT2D eigenvalue weighted by Crippen LogP contribution is 2.29. The van der Waals surface area contributed by atoms with Crippen LogP contribution in [0.2, 0.25) is 0 Å². The highest BCUT2D eigenvalue weighted by atomic mass is 16.5. The second-order valence-electron chi connectivity index (χ2n) is 6.80. The molecule has 6 nitrogen and oxygen atoms in total. The van der Waals surface area contributed by atoms with Crippen molar-refractivity contribution in [3.63, 3.8) is 0 Å². The van der Waals surface area contributed by atoms with Gasteiger partial charge in [0.1, 0.15) is 11.5 Å². The topological polar surface area (TPSA) is 67.9 Å². The Bertz CT molecular complexity index is 825. The lowest BCUT2D eigenvalue weighted by molar-refractivity contribution is 0.0761. The third kappa shape index (κ3) is 4.63. The van der Waals surface area contributed by atoms with Gasteiger partial charge in [-0.05, 0) is 49.2 Å². The Morgan fingerprint density at radius 1 is 0.857 bits per heavy atom. The van der Waals surface area contributed by atoms with Gasteiger partial charge in [0.2, 0.25) is 0 Å². The van der Waals surface area contributed by atoms with Crippen LogP contribution in [-0.4, -0.2) is 44.0 Å². The van der Waals surface area contributed by atoms with Crippen LogP contribution in [0.1, 0.15) is 46.4 Å². The van der Waals surface area contributed by atoms with Gasteiger partial charge >= 0.3 is 0 Å². The molecular formula is C22H26N2O4. The Hall–Kier alpha value is -3.02. The van der Waals surface area contributed by atoms with Crippen molar-refractivity contribution in [2.75, 3.05) is 32.6 Å². The number of likely N-dealkylation sites (tertiary alicyclic amines) is 1. The number of rotatable bonds is 5. The van der Waals surface area contributed by atoms with Crippen LogP contribution in [0, 0.1) is 0 Å². The number of carbonyl (C=O) groups is 2. The average Bonchev–Trinajstić information content (AvgIpc) is 3.02. The summed E-state index contributed by atoms with van der Waals surface area (Å²) in [6.45, 7) is 1.60. The van der Waals surface area contributed by atoms with Crippen LogP contribution in [0.5, 0.6) is 11.5 Å². The first-order valence-corrected chi connectivity index (χ1v) is 9.55. The number of carbonyl (C=O) groups excluding carboxylic acids is 2. The van der Waals surface area contributed by atoms with E-state index in [1.165, 1.54) is 12.8 Å². The van der Waals surface area contributed by atoms with Crippen LogP contribution in [0.15, 0.2) is 42.5 Å². The van der Waals surface area contributed by atoms with Gasteiger partial charge in [0.15, 0.2) is 0 Å². The molecule has 28 heavy (non-hydrogen) atoms. The van der Waals surface area contributed by atoms with E-state index in [-0.39, 0.29) is 11.8 Å². The van der Waals surface area contributed by atoms with E-state index in [1.54, 1.807) is 56.7 Å². The zero-order chi connectivity index (χ0) is 19.9. The average molecular weight is 382 g/mol. The minimum absolute atomic E-state index is 0.0309. The van der Waals surface area contributed by atoms with Crippen LogP contribution in [0.25, 0.3) is 0 Å². The fraction of sp³-hybridized carbons (Fsp3) is 0.364. The highest BCUT2D eigenvalue weighted by Gasteiger charge is 2.18. The van der Waals surface area contributed by atoms with Gasteiger partial charge in [-0.1, -0.05) is 12.8 Å². The zero-order valence-corrected chi connectivity index (χ0v) is 16.4. The Morgan fingerprint density at radius 2 is 1.50 bits per heavy atom. The third-order valence-corrected chi connectivity index (χ3v) is 4.94. The fourth-order valence-corrected chi connectivity index (χ4v) is 3.33. The molecule has 2 aromatic rings. The molecule has 1 fully saturated rings. The van der Waals surface area contributed by atoms with E-state index in [9.17, 15) is 9.59 Å². The molecule has 0 bridgehead atoms. The first-order valence-electron chi connectivity index (χ1n) is 9.55. The van der Waals surface area contributed by atoms with Crippen molar-refractivity contribution in [2.45, 2.75) is 25.7 Å². The predicted molar refractivity (Wildman–Crippen MR) is 108 cm³/mol. The maximum absolute atomic E-state index is 12.7. The summed E-state index contributed by atoms with van der Waals surface area (Å²) in [7, 11) is 3.11. The van der Waals surface area contributed by atoms with Crippen molar-refractivity contribution in [3.05, 3.63) is 53.6 Å². The van der Waals surface area contributed by atoms with Gasteiger partial charge in [0, 0.05) is 30.3 Å². The first-order chi connectivity index (χ1) is 13.6. The largest absolute Gasteiger partial charge is 0.497 e. The van der Waals surface area contributed by atoms with E-state index in [2.05, 4.69) is 5.32 Å². The van der Waals surface area contributed by atoms with Gasteiger partial charge in [0.25, 0.3) is 11.8 Å². The number of methoxy groups -OCH3 is 2. The van der Waals surface area contributed by atoms with Crippen LogP contribution < -0.4 is 14.8 Å². The van der Waals surface area contributed by atoms with Crippen molar-refractivity contribution in [1.29, 1.82) is 0 Å². The van der Waals surface area contributed by atoms with Gasteiger partial charge in [-0.15, -0.1) is 0 Å². The molecule has 1 N–H and O–H groups in total. The van der Waals surface area contributed by atoms with E-state index in [1.807, 2.05) is 4.90 Å². The van der Waals surface area contributed by atoms with E-state index in [0.717, 1.165) is 25.9 Å². The molecule has 148 valence electrons. The van der Waals surface area contributed by atoms with E-state index < -0.39 is 0 Å². The Balaban J connectivity index is 1.71. The quantitative estimate of drug-likeness (QED) is 0.850. The molecule has 1 saturated heterocycles. The lowest BCUT2D eigenvalue weighted by atomic mass is 10.1. The number of hydrogen-bond donors (Lipinski definition) is 1. The number of hydrogen-bond acceptors (Lipinski definition) is 4. The zero-order valence-electron chi connectivity index (χ0n) is 16.4. The van der Waals surface area contributed by atoms with Gasteiger partial charge in [-0.3, -0.25) is 9.59 Å². The van der Waals surface area contributed by atoms with Crippen LogP contribution in [0.3, 0.4) is 0 Å². The van der Waals surface area contributed by atoms with Crippen LogP contribution in [0.4, 0.5) is 5.69 Å². The molecule has 1 heterocycles. The Morgan fingerprint density at radius 3 is 2.11 bits per heavy atom. The minimum Gasteiger partial charge on any atom is -0.497 e. The number of ether oxygens (including phenoxy) is 2. The molecule has 2 aromatic carbocycles. The van der Waals surface area contributed by atoms with Gasteiger partial charge in [0.05, 0.1) is 19.9 Å². The van der Waals surface area contributed by atoms with E-state index >= 15 is 0 Å². The number of nitrogens with zero attached hydrogens (tertiary/aromatic N) is 1. The van der Waals surface area contributed by atoms with Gasteiger partial charge in [-0.2, -0.15) is 0 Å². The molecule has 0 radical (unpaired) electrons. The summed E-state index contributed by atoms with van der Waals surface area (Å²) in [5.74, 6) is 0.917. The second-order valence-corrected chi connectivity index (χ2v) is 6.80. The van der Waals surface area contributed by atoms with Crippen LogP contribution in [-0.2, 0) is 0 Å². The Kier molecular flexibility index (Phi) is 6.53. The fourth-order valence-electron chi connectivity index (χ4n) is 3.33. The summed E-state index contributed by atoms with van der Waals surface area (Å²) in [6, 6.07) is 12.0. The molecule has 0 aliphatic carbocycles. The van der Waals surface area contributed by atoms with Crippen molar-refractivity contribution in [3.8, 4) is 11.5 Å². The minimum atomic E-state index is -0.277. The maximum Gasteiger partial charge on any atom is 0.255 e. The van der Waals surface area contributed by atoms with E-state index in [0.29, 0.717) is 28.3 Å². The molecule has 0 saturated carbocycles. The highest BCUT2D eigenvalue weighted by molar-refractivity contribution is 6.05. The van der Waals surface area contributed by atoms with Crippen molar-refractivity contribution >= 4 is 17.5 Å². The molecule has 0 spiro atoms. The lowest BCUT2D eigenvalue weighted by Crippen LogP contribution is -2.31. The number of amides is 2. The standard InChI is InChI=1S/C22H26N2O4/c1-27-18-11-12-20(28-2)19(15-18)23-21(25)16-7-9-17(10-8-16)22(26)24-13-5-3-4-6-14-24/h7-12,15H,3-6,13-14H2,1-2H3,(H,23,25). The monoisotopic (exact) mass is 382 g/mol. The molecule has 2 amide bonds. The summed E-state index contributed by atoms with van der Waals surface area (Å²) in [5, 5.41) is 2.83. The first kappa shape index (κ1) is 19.7. The second kappa shape index (κ2) is 9.26. The SMILES string of the molecule is COc1ccc(OC)c(NC(=O)c2ccc(C(=O)N3CCCCCC3)cc2)c1. The van der Waals surface area contributed by atoms with Gasteiger partial charge in [-0.25, -0.2) is 0 Å². The number of anilines is 1. The molecular weight excluding hydrogens is 356 g/mol. The number of nitrogens with one attached hydrogen (secondary N) is 1. The van der Waals surface area contributed by atoms with Gasteiger partial charge < -0.3 is 19.7 Å². The maximum atomic E-state index is 12.7. The summed E-state index contributed by atoms with van der Waals surface area (Å²) in [5.41, 5.74) is 1.60. The summed E-state index contributed by atoms with van der Waals surface area (Å²) < 4.78 is 10.5. The molecule has 0 aromatic heterocycles. The summed E-state index contributed by atoms with van der Waals surface area (Å²) >= 11 is 0. The van der Waals surface area contributed by atoms with Crippen molar-refractivity contribution in [2.24, 2.45) is 0 Å². The molecule has 1 aliphatic rings. The van der Waals surface area contributed by atoms with Crippen molar-refractivity contribution in [1.82, 2.24) is 4.90 Å². The lowest BCUT2D eigenvalue weighted by Gasteiger charge is -2.20. The summed E-state index contributed by atoms with van der Waals surface area (Å²) in [4.78, 5) is 27.2. The number of benzene rings is 2.